The maximum Gasteiger partial charge on any atom is 0.262 e. The monoisotopic (exact) mass is 347 g/mol. The van der Waals surface area contributed by atoms with Crippen LogP contribution in [0.3, 0.4) is 0 Å². The number of nitrogens with zero attached hydrogens (tertiary/aromatic N) is 1. The van der Waals surface area contributed by atoms with Gasteiger partial charge in [-0.3, -0.25) is 4.79 Å². The van der Waals surface area contributed by atoms with Crippen LogP contribution in [0.25, 0.3) is 0 Å². The van der Waals surface area contributed by atoms with E-state index in [1.165, 1.54) is 12.1 Å². The van der Waals surface area contributed by atoms with Gasteiger partial charge in [0.2, 0.25) is 0 Å². The van der Waals surface area contributed by atoms with Crippen molar-refractivity contribution < 1.29 is 9.18 Å². The largest absolute Gasteiger partial charge is 0.374 e. The first-order valence-corrected chi connectivity index (χ1v) is 7.99. The summed E-state index contributed by atoms with van der Waals surface area (Å²) in [4.78, 5) is 12.3. The number of anilines is 1. The van der Waals surface area contributed by atoms with Crippen molar-refractivity contribution in [3.8, 4) is 0 Å². The third kappa shape index (κ3) is 5.06. The Labute approximate surface area is 145 Å². The van der Waals surface area contributed by atoms with Gasteiger partial charge in [0, 0.05) is 10.7 Å². The third-order valence-electron chi connectivity index (χ3n) is 3.51. The van der Waals surface area contributed by atoms with Crippen molar-refractivity contribution in [1.82, 2.24) is 5.43 Å². The second-order valence-electron chi connectivity index (χ2n) is 5.29. The number of hydrogen-bond donors (Lipinski definition) is 2. The molecule has 0 aliphatic carbocycles. The lowest BCUT2D eigenvalue weighted by atomic mass is 10.1. The number of amides is 1. The Balaban J connectivity index is 1.99. The average Bonchev–Trinajstić information content (AvgIpc) is 2.59. The molecule has 1 atom stereocenters. The molecule has 0 fully saturated rings. The molecule has 2 aromatic carbocycles. The molecule has 0 bridgehead atoms. The van der Waals surface area contributed by atoms with Crippen molar-refractivity contribution >= 4 is 28.9 Å². The molecule has 0 spiro atoms. The van der Waals surface area contributed by atoms with E-state index in [9.17, 15) is 9.18 Å². The van der Waals surface area contributed by atoms with E-state index in [2.05, 4.69) is 15.8 Å². The molecular formula is C18H19ClFN3O. The van der Waals surface area contributed by atoms with Gasteiger partial charge in [-0.2, -0.15) is 5.10 Å². The molecule has 6 heteroatoms. The van der Waals surface area contributed by atoms with Crippen LogP contribution in [-0.4, -0.2) is 17.7 Å². The number of rotatable bonds is 6. The smallest absolute Gasteiger partial charge is 0.262 e. The number of carbonyl (C=O) groups is 1. The van der Waals surface area contributed by atoms with Crippen LogP contribution in [0.4, 0.5) is 10.1 Å². The molecule has 2 N–H and O–H groups in total. The zero-order valence-electron chi connectivity index (χ0n) is 13.5. The van der Waals surface area contributed by atoms with E-state index in [4.69, 9.17) is 11.6 Å². The Kier molecular flexibility index (Phi) is 6.32. The highest BCUT2D eigenvalue weighted by atomic mass is 35.5. The van der Waals surface area contributed by atoms with E-state index in [1.54, 1.807) is 31.2 Å². The number of nitrogens with one attached hydrogen (secondary N) is 2. The molecule has 0 aliphatic heterocycles. The standard InChI is InChI=1S/C18H19ClFN3O/c1-3-17(21-16-10-6-14(19)7-11-16)18(24)23-22-12(2)13-4-8-15(20)9-5-13/h4-11,17,21H,3H2,1-2H3,(H,23,24)/b22-12-/t17-/m0/s1. The number of hydrazone groups is 1. The zero-order chi connectivity index (χ0) is 17.5. The Morgan fingerprint density at radius 2 is 1.79 bits per heavy atom. The van der Waals surface area contributed by atoms with E-state index < -0.39 is 6.04 Å². The topological polar surface area (TPSA) is 53.5 Å². The van der Waals surface area contributed by atoms with Gasteiger partial charge in [0.15, 0.2) is 0 Å². The molecule has 2 rings (SSSR count). The second-order valence-corrected chi connectivity index (χ2v) is 5.73. The predicted octanol–water partition coefficient (Wildman–Crippen LogP) is 4.21. The molecule has 0 saturated heterocycles. The summed E-state index contributed by atoms with van der Waals surface area (Å²) in [5.41, 5.74) is 4.70. The lowest BCUT2D eigenvalue weighted by Gasteiger charge is -2.16. The molecule has 0 saturated carbocycles. The normalized spacial score (nSPS) is 12.6. The van der Waals surface area contributed by atoms with Gasteiger partial charge in [0.05, 0.1) is 5.71 Å². The van der Waals surface area contributed by atoms with E-state index in [0.29, 0.717) is 17.2 Å². The van der Waals surface area contributed by atoms with Crippen LogP contribution in [0.15, 0.2) is 53.6 Å². The lowest BCUT2D eigenvalue weighted by Crippen LogP contribution is -2.37. The molecule has 24 heavy (non-hydrogen) atoms. The van der Waals surface area contributed by atoms with Gasteiger partial charge in [0.1, 0.15) is 11.9 Å². The molecule has 2 aromatic rings. The van der Waals surface area contributed by atoms with Crippen LogP contribution in [0.5, 0.6) is 0 Å². The van der Waals surface area contributed by atoms with Crippen molar-refractivity contribution in [2.45, 2.75) is 26.3 Å². The first kappa shape index (κ1) is 17.9. The van der Waals surface area contributed by atoms with Gasteiger partial charge in [-0.05, 0) is 55.3 Å². The van der Waals surface area contributed by atoms with Crippen LogP contribution < -0.4 is 10.7 Å². The fourth-order valence-electron chi connectivity index (χ4n) is 2.07. The Morgan fingerprint density at radius 1 is 1.17 bits per heavy atom. The summed E-state index contributed by atoms with van der Waals surface area (Å²) < 4.78 is 12.9. The minimum Gasteiger partial charge on any atom is -0.374 e. The van der Waals surface area contributed by atoms with Gasteiger partial charge >= 0.3 is 0 Å². The van der Waals surface area contributed by atoms with Crippen molar-refractivity contribution in [3.63, 3.8) is 0 Å². The van der Waals surface area contributed by atoms with E-state index in [-0.39, 0.29) is 11.7 Å². The quantitative estimate of drug-likeness (QED) is 0.607. The van der Waals surface area contributed by atoms with Crippen LogP contribution in [0, 0.1) is 5.82 Å². The van der Waals surface area contributed by atoms with Crippen LogP contribution in [0.2, 0.25) is 5.02 Å². The molecule has 1 amide bonds. The molecule has 126 valence electrons. The highest BCUT2D eigenvalue weighted by molar-refractivity contribution is 6.30. The highest BCUT2D eigenvalue weighted by Gasteiger charge is 2.15. The van der Waals surface area contributed by atoms with Gasteiger partial charge in [-0.25, -0.2) is 9.82 Å². The Hall–Kier alpha value is -2.40. The summed E-state index contributed by atoms with van der Waals surface area (Å²) in [6.07, 6.45) is 0.597. The maximum absolute atomic E-state index is 12.9. The SMILES string of the molecule is CC[C@H](Nc1ccc(Cl)cc1)C(=O)N/N=C(/C)c1ccc(F)cc1. The molecule has 0 unspecified atom stereocenters. The first-order valence-electron chi connectivity index (χ1n) is 7.61. The zero-order valence-corrected chi connectivity index (χ0v) is 14.3. The van der Waals surface area contributed by atoms with Gasteiger partial charge in [0.25, 0.3) is 5.91 Å². The summed E-state index contributed by atoms with van der Waals surface area (Å²) in [5.74, 6) is -0.553. The van der Waals surface area contributed by atoms with Crippen molar-refractivity contribution in [2.24, 2.45) is 5.10 Å². The molecule has 0 radical (unpaired) electrons. The molecule has 0 aliphatic rings. The van der Waals surface area contributed by atoms with Gasteiger partial charge in [-0.15, -0.1) is 0 Å². The van der Waals surface area contributed by atoms with Crippen molar-refractivity contribution in [2.75, 3.05) is 5.32 Å². The third-order valence-corrected chi connectivity index (χ3v) is 3.76. The van der Waals surface area contributed by atoms with Crippen LogP contribution in [-0.2, 0) is 4.79 Å². The maximum atomic E-state index is 12.9. The van der Waals surface area contributed by atoms with Crippen LogP contribution >= 0.6 is 11.6 Å². The summed E-state index contributed by atoms with van der Waals surface area (Å²) >= 11 is 5.85. The Bertz CT molecular complexity index is 714. The fourth-order valence-corrected chi connectivity index (χ4v) is 2.20. The highest BCUT2D eigenvalue weighted by Crippen LogP contribution is 2.15. The molecular weight excluding hydrogens is 329 g/mol. The second kappa shape index (κ2) is 8.45. The van der Waals surface area contributed by atoms with E-state index in [1.807, 2.05) is 19.1 Å². The van der Waals surface area contributed by atoms with Crippen molar-refractivity contribution in [3.05, 3.63) is 64.9 Å². The first-order chi connectivity index (χ1) is 11.5. The number of carbonyl (C=O) groups excluding carboxylic acids is 1. The number of hydrogen-bond acceptors (Lipinski definition) is 3. The molecule has 0 heterocycles. The van der Waals surface area contributed by atoms with E-state index >= 15 is 0 Å². The van der Waals surface area contributed by atoms with Crippen molar-refractivity contribution in [1.29, 1.82) is 0 Å². The minimum atomic E-state index is -0.420. The Morgan fingerprint density at radius 3 is 2.38 bits per heavy atom. The lowest BCUT2D eigenvalue weighted by molar-refractivity contribution is -0.121. The summed E-state index contributed by atoms with van der Waals surface area (Å²) in [6, 6.07) is 12.6. The summed E-state index contributed by atoms with van der Waals surface area (Å²) in [6.45, 7) is 3.66. The average molecular weight is 348 g/mol. The van der Waals surface area contributed by atoms with Gasteiger partial charge in [-0.1, -0.05) is 30.7 Å². The summed E-state index contributed by atoms with van der Waals surface area (Å²) in [7, 11) is 0. The number of halogens is 2. The fraction of sp³-hybridized carbons (Fsp3) is 0.222. The molecule has 4 nitrogen and oxygen atoms in total. The summed E-state index contributed by atoms with van der Waals surface area (Å²) in [5, 5.41) is 7.86. The van der Waals surface area contributed by atoms with Crippen LogP contribution in [0.1, 0.15) is 25.8 Å². The minimum absolute atomic E-state index is 0.242. The van der Waals surface area contributed by atoms with E-state index in [0.717, 1.165) is 11.3 Å². The number of benzene rings is 2. The van der Waals surface area contributed by atoms with Gasteiger partial charge < -0.3 is 5.32 Å². The molecule has 0 aromatic heterocycles. The predicted molar refractivity (Wildman–Crippen MR) is 95.9 cm³/mol.